The maximum atomic E-state index is 11.8. The molecule has 5 nitrogen and oxygen atoms in total. The van der Waals surface area contributed by atoms with Gasteiger partial charge in [0.15, 0.2) is 0 Å². The Morgan fingerprint density at radius 1 is 1.53 bits per heavy atom. The summed E-state index contributed by atoms with van der Waals surface area (Å²) in [6.07, 6.45) is 1.78. The van der Waals surface area contributed by atoms with E-state index in [9.17, 15) is 9.59 Å². The Bertz CT molecular complexity index is 654. The van der Waals surface area contributed by atoms with Crippen LogP contribution in [0.4, 0.5) is 0 Å². The molecular formula is C13H14N2O3S. The van der Waals surface area contributed by atoms with Gasteiger partial charge in [0.2, 0.25) is 0 Å². The van der Waals surface area contributed by atoms with Crippen LogP contribution in [0.25, 0.3) is 5.65 Å². The summed E-state index contributed by atoms with van der Waals surface area (Å²) in [4.78, 5) is 26.8. The summed E-state index contributed by atoms with van der Waals surface area (Å²) < 4.78 is 1.48. The predicted octanol–water partition coefficient (Wildman–Crippen LogP) is 1.79. The molecule has 2 aromatic heterocycles. The molecule has 1 N–H and O–H groups in total. The smallest absolute Gasteiger partial charge is 0.304 e. The number of nitrogens with zero attached hydrogens (tertiary/aromatic N) is 2. The van der Waals surface area contributed by atoms with Gasteiger partial charge in [0, 0.05) is 23.3 Å². The van der Waals surface area contributed by atoms with Gasteiger partial charge in [-0.25, -0.2) is 4.98 Å². The molecule has 2 aromatic rings. The lowest BCUT2D eigenvalue weighted by molar-refractivity contribution is -0.136. The lowest BCUT2D eigenvalue weighted by atomic mass is 10.3. The van der Waals surface area contributed by atoms with Crippen LogP contribution in [0.5, 0.6) is 0 Å². The summed E-state index contributed by atoms with van der Waals surface area (Å²) in [5.41, 5.74) is 1.17. The normalized spacial score (nSPS) is 12.5. The number of fused-ring (bicyclic) bond motifs is 1. The molecule has 100 valence electrons. The van der Waals surface area contributed by atoms with Crippen LogP contribution in [0.15, 0.2) is 35.3 Å². The van der Waals surface area contributed by atoms with Crippen LogP contribution in [-0.2, 0) is 10.5 Å². The Morgan fingerprint density at radius 3 is 3.05 bits per heavy atom. The molecule has 0 bridgehead atoms. The molecule has 6 heteroatoms. The zero-order valence-corrected chi connectivity index (χ0v) is 11.3. The third-order valence-electron chi connectivity index (χ3n) is 2.60. The van der Waals surface area contributed by atoms with E-state index in [0.29, 0.717) is 17.1 Å². The molecule has 0 fully saturated rings. The van der Waals surface area contributed by atoms with E-state index in [1.54, 1.807) is 18.3 Å². The Balaban J connectivity index is 2.13. The van der Waals surface area contributed by atoms with Crippen molar-refractivity contribution >= 4 is 23.4 Å². The van der Waals surface area contributed by atoms with Gasteiger partial charge < -0.3 is 5.11 Å². The number of carboxylic acid groups (broad SMARTS) is 1. The van der Waals surface area contributed by atoms with E-state index < -0.39 is 5.97 Å². The number of pyridine rings is 1. The molecule has 0 saturated heterocycles. The predicted molar refractivity (Wildman–Crippen MR) is 74.5 cm³/mol. The zero-order chi connectivity index (χ0) is 13.8. The molecule has 0 aliphatic rings. The largest absolute Gasteiger partial charge is 0.481 e. The zero-order valence-electron chi connectivity index (χ0n) is 10.4. The van der Waals surface area contributed by atoms with Crippen molar-refractivity contribution in [1.82, 2.24) is 9.38 Å². The molecular weight excluding hydrogens is 264 g/mol. The third-order valence-corrected chi connectivity index (χ3v) is 3.80. The van der Waals surface area contributed by atoms with Crippen molar-refractivity contribution in [2.75, 3.05) is 0 Å². The number of carboxylic acids is 1. The van der Waals surface area contributed by atoms with Crippen LogP contribution < -0.4 is 5.56 Å². The second-order valence-corrected chi connectivity index (χ2v) is 5.66. The molecule has 0 aromatic carbocycles. The van der Waals surface area contributed by atoms with Gasteiger partial charge in [0.25, 0.3) is 5.56 Å². The summed E-state index contributed by atoms with van der Waals surface area (Å²) >= 11 is 1.48. The van der Waals surface area contributed by atoms with Gasteiger partial charge in [-0.1, -0.05) is 13.0 Å². The number of carbonyl (C=O) groups is 1. The van der Waals surface area contributed by atoms with Gasteiger partial charge in [-0.2, -0.15) is 11.8 Å². The first-order valence-corrected chi connectivity index (χ1v) is 6.92. The Morgan fingerprint density at radius 2 is 2.32 bits per heavy atom. The molecule has 0 aliphatic carbocycles. The fraction of sp³-hybridized carbons (Fsp3) is 0.308. The van der Waals surface area contributed by atoms with Crippen LogP contribution in [-0.4, -0.2) is 25.7 Å². The molecule has 19 heavy (non-hydrogen) atoms. The van der Waals surface area contributed by atoms with E-state index in [1.807, 2.05) is 13.0 Å². The Labute approximate surface area is 114 Å². The van der Waals surface area contributed by atoms with Crippen LogP contribution in [0.2, 0.25) is 0 Å². The van der Waals surface area contributed by atoms with E-state index in [1.165, 1.54) is 22.2 Å². The van der Waals surface area contributed by atoms with Crippen molar-refractivity contribution in [2.45, 2.75) is 24.3 Å². The minimum Gasteiger partial charge on any atom is -0.481 e. The van der Waals surface area contributed by atoms with Gasteiger partial charge >= 0.3 is 5.97 Å². The maximum absolute atomic E-state index is 11.8. The second-order valence-electron chi connectivity index (χ2n) is 4.23. The maximum Gasteiger partial charge on any atom is 0.304 e. The lowest BCUT2D eigenvalue weighted by Gasteiger charge is -2.08. The highest BCUT2D eigenvalue weighted by Crippen LogP contribution is 2.18. The van der Waals surface area contributed by atoms with E-state index in [-0.39, 0.29) is 17.2 Å². The third kappa shape index (κ3) is 3.57. The fourth-order valence-corrected chi connectivity index (χ4v) is 2.57. The first-order chi connectivity index (χ1) is 9.06. The fourth-order valence-electron chi connectivity index (χ4n) is 1.71. The minimum absolute atomic E-state index is 0.00600. The molecule has 2 heterocycles. The van der Waals surface area contributed by atoms with Crippen LogP contribution in [0.3, 0.4) is 0 Å². The van der Waals surface area contributed by atoms with Crippen molar-refractivity contribution < 1.29 is 9.90 Å². The van der Waals surface area contributed by atoms with Gasteiger partial charge in [-0.05, 0) is 12.1 Å². The number of thioether (sulfide) groups is 1. The van der Waals surface area contributed by atoms with Crippen molar-refractivity contribution in [3.63, 3.8) is 0 Å². The first-order valence-electron chi connectivity index (χ1n) is 5.87. The number of hydrogen-bond acceptors (Lipinski definition) is 4. The van der Waals surface area contributed by atoms with E-state index in [4.69, 9.17) is 5.11 Å². The number of hydrogen-bond donors (Lipinski definition) is 1. The molecule has 1 atom stereocenters. The van der Waals surface area contributed by atoms with Crippen molar-refractivity contribution in [1.29, 1.82) is 0 Å². The second kappa shape index (κ2) is 5.88. The summed E-state index contributed by atoms with van der Waals surface area (Å²) in [7, 11) is 0. The SMILES string of the molecule is CC(CC(=O)O)SCc1cc(=O)n2ccccc2n1. The number of rotatable bonds is 5. The van der Waals surface area contributed by atoms with E-state index in [0.717, 1.165) is 0 Å². The minimum atomic E-state index is -0.813. The van der Waals surface area contributed by atoms with Gasteiger partial charge in [-0.3, -0.25) is 14.0 Å². The highest BCUT2D eigenvalue weighted by molar-refractivity contribution is 7.99. The standard InChI is InChI=1S/C13H14N2O3S/c1-9(6-13(17)18)19-8-10-7-12(16)15-5-3-2-4-11(15)14-10/h2-5,7,9H,6,8H2,1H3,(H,17,18). The van der Waals surface area contributed by atoms with Gasteiger partial charge in [0.05, 0.1) is 12.1 Å². The quantitative estimate of drug-likeness (QED) is 0.902. The first kappa shape index (κ1) is 13.6. The van der Waals surface area contributed by atoms with Crippen molar-refractivity contribution in [3.05, 3.63) is 46.5 Å². The average molecular weight is 278 g/mol. The summed E-state index contributed by atoms with van der Waals surface area (Å²) in [5, 5.41) is 8.68. The molecule has 0 radical (unpaired) electrons. The Hall–Kier alpha value is -1.82. The highest BCUT2D eigenvalue weighted by atomic mass is 32.2. The monoisotopic (exact) mass is 278 g/mol. The average Bonchev–Trinajstić information content (AvgIpc) is 2.36. The van der Waals surface area contributed by atoms with Crippen molar-refractivity contribution in [3.8, 4) is 0 Å². The van der Waals surface area contributed by atoms with Crippen LogP contribution in [0, 0.1) is 0 Å². The van der Waals surface area contributed by atoms with Crippen LogP contribution >= 0.6 is 11.8 Å². The van der Waals surface area contributed by atoms with E-state index >= 15 is 0 Å². The molecule has 0 spiro atoms. The number of aromatic nitrogens is 2. The van der Waals surface area contributed by atoms with Gasteiger partial charge in [-0.15, -0.1) is 0 Å². The highest BCUT2D eigenvalue weighted by Gasteiger charge is 2.09. The summed E-state index contributed by atoms with van der Waals surface area (Å²) in [6.45, 7) is 1.85. The molecule has 0 aliphatic heterocycles. The summed E-state index contributed by atoms with van der Waals surface area (Å²) in [5.74, 6) is -0.277. The molecule has 0 saturated carbocycles. The lowest BCUT2D eigenvalue weighted by Crippen LogP contribution is -2.15. The van der Waals surface area contributed by atoms with Gasteiger partial charge in [0.1, 0.15) is 5.65 Å². The topological polar surface area (TPSA) is 71.7 Å². The van der Waals surface area contributed by atoms with E-state index in [2.05, 4.69) is 4.98 Å². The summed E-state index contributed by atoms with van der Waals surface area (Å²) in [6, 6.07) is 6.87. The molecule has 1 unspecified atom stereocenters. The molecule has 0 amide bonds. The number of aliphatic carboxylic acids is 1. The molecule has 2 rings (SSSR count). The van der Waals surface area contributed by atoms with Crippen molar-refractivity contribution in [2.24, 2.45) is 0 Å². The van der Waals surface area contributed by atoms with Crippen LogP contribution in [0.1, 0.15) is 19.0 Å². The Kier molecular flexibility index (Phi) is 4.21.